The molecule has 12 heavy (non-hydrogen) atoms. The zero-order valence-corrected chi connectivity index (χ0v) is 8.16. The summed E-state index contributed by atoms with van der Waals surface area (Å²) < 4.78 is 0. The number of aliphatic hydroxyl groups is 3. The average molecular weight is 178 g/mol. The van der Waals surface area contributed by atoms with Crippen LogP contribution in [0.15, 0.2) is 0 Å². The number of hydrogen-bond donors (Lipinski definition) is 3. The zero-order chi connectivity index (χ0) is 9.82. The van der Waals surface area contributed by atoms with Crippen LogP contribution < -0.4 is 0 Å². The summed E-state index contributed by atoms with van der Waals surface area (Å²) in [5, 5.41) is 24.1. The Morgan fingerprint density at radius 1 is 1.00 bits per heavy atom. The van der Waals surface area contributed by atoms with Gasteiger partial charge in [-0.3, -0.25) is 0 Å². The van der Waals surface area contributed by atoms with E-state index in [0.29, 0.717) is 13.0 Å². The lowest BCUT2D eigenvalue weighted by Gasteiger charge is -1.90. The second-order valence-corrected chi connectivity index (χ2v) is 2.67. The van der Waals surface area contributed by atoms with Crippen molar-refractivity contribution in [2.45, 2.75) is 52.2 Å². The molecule has 0 heterocycles. The lowest BCUT2D eigenvalue weighted by molar-refractivity contribution is -0.0413. The molecule has 0 aromatic rings. The number of unbranched alkanes of at least 4 members (excludes halogenated alkanes) is 3. The first kappa shape index (κ1) is 14.4. The fourth-order valence-electron chi connectivity index (χ4n) is 0.539. The smallest absolute Gasteiger partial charge is 0.151 e. The lowest BCUT2D eigenvalue weighted by atomic mass is 10.2. The maximum Gasteiger partial charge on any atom is 0.151 e. The third-order valence-corrected chi connectivity index (χ3v) is 1.38. The maximum absolute atomic E-state index is 8.29. The topological polar surface area (TPSA) is 60.7 Å². The molecular formula is C9H22O3. The van der Waals surface area contributed by atoms with Gasteiger partial charge >= 0.3 is 0 Å². The molecule has 3 heteroatoms. The highest BCUT2D eigenvalue weighted by Crippen LogP contribution is 1.96. The van der Waals surface area contributed by atoms with Gasteiger partial charge in [0, 0.05) is 6.61 Å². The molecule has 0 aromatic carbocycles. The Balaban J connectivity index is 0. The van der Waals surface area contributed by atoms with E-state index in [9.17, 15) is 0 Å². The number of hydrogen-bond acceptors (Lipinski definition) is 3. The van der Waals surface area contributed by atoms with E-state index in [1.54, 1.807) is 6.92 Å². The summed E-state index contributed by atoms with van der Waals surface area (Å²) in [5.74, 6) is 0. The molecule has 0 atom stereocenters. The molecule has 0 saturated heterocycles. The number of rotatable bonds is 5. The number of aliphatic hydroxyl groups excluding tert-OH is 2. The fourth-order valence-corrected chi connectivity index (χ4v) is 0.539. The molecule has 0 spiro atoms. The molecule has 0 rings (SSSR count). The van der Waals surface area contributed by atoms with Gasteiger partial charge in [0.05, 0.1) is 0 Å². The maximum atomic E-state index is 8.29. The summed E-state index contributed by atoms with van der Waals surface area (Å²) in [6.45, 7) is 4.22. The van der Waals surface area contributed by atoms with Crippen molar-refractivity contribution < 1.29 is 15.3 Å². The van der Waals surface area contributed by atoms with Gasteiger partial charge in [-0.1, -0.05) is 33.1 Å². The van der Waals surface area contributed by atoms with Gasteiger partial charge in [0.2, 0.25) is 0 Å². The molecule has 0 fully saturated rings. The summed E-state index contributed by atoms with van der Waals surface area (Å²) in [4.78, 5) is 0. The van der Waals surface area contributed by atoms with Gasteiger partial charge in [0.15, 0.2) is 6.29 Å². The minimum absolute atomic E-state index is 0.361. The molecule has 0 bridgehead atoms. The van der Waals surface area contributed by atoms with Gasteiger partial charge in [0.25, 0.3) is 0 Å². The Bertz CT molecular complexity index is 60.8. The van der Waals surface area contributed by atoms with Crippen LogP contribution in [0, 0.1) is 0 Å². The minimum Gasteiger partial charge on any atom is -0.396 e. The Labute approximate surface area is 75.0 Å². The first-order chi connectivity index (χ1) is 5.68. The largest absolute Gasteiger partial charge is 0.396 e. The lowest BCUT2D eigenvalue weighted by Crippen LogP contribution is -1.99. The van der Waals surface area contributed by atoms with Crippen molar-refractivity contribution in [3.8, 4) is 0 Å². The van der Waals surface area contributed by atoms with Crippen LogP contribution in [0.25, 0.3) is 0 Å². The zero-order valence-electron chi connectivity index (χ0n) is 8.16. The van der Waals surface area contributed by atoms with Crippen LogP contribution in [-0.2, 0) is 0 Å². The first-order valence-electron chi connectivity index (χ1n) is 4.66. The molecular weight excluding hydrogens is 156 g/mol. The Morgan fingerprint density at radius 3 is 1.75 bits per heavy atom. The summed E-state index contributed by atoms with van der Waals surface area (Å²) in [7, 11) is 0. The predicted octanol–water partition coefficient (Wildman–Crippen LogP) is 1.27. The van der Waals surface area contributed by atoms with E-state index in [1.807, 2.05) is 0 Å². The quantitative estimate of drug-likeness (QED) is 0.439. The average Bonchev–Trinajstić information content (AvgIpc) is 2.07. The highest BCUT2D eigenvalue weighted by Gasteiger charge is 1.83. The summed E-state index contributed by atoms with van der Waals surface area (Å²) in [6, 6.07) is 0. The molecule has 0 aromatic heterocycles. The van der Waals surface area contributed by atoms with Crippen molar-refractivity contribution in [1.82, 2.24) is 0 Å². The van der Waals surface area contributed by atoms with Crippen molar-refractivity contribution in [2.75, 3.05) is 6.61 Å². The van der Waals surface area contributed by atoms with Crippen molar-refractivity contribution >= 4 is 0 Å². The van der Waals surface area contributed by atoms with Crippen LogP contribution >= 0.6 is 0 Å². The standard InChI is InChI=1S/C6H14O.C3H8O2/c1-2-3-4-5-6-7;1-2-3(4)5/h7H,2-6H2,1H3;3-5H,2H2,1H3. The Kier molecular flexibility index (Phi) is 16.2. The molecule has 0 aliphatic heterocycles. The fraction of sp³-hybridized carbons (Fsp3) is 1.00. The monoisotopic (exact) mass is 178 g/mol. The van der Waals surface area contributed by atoms with E-state index in [2.05, 4.69) is 6.92 Å². The minimum atomic E-state index is -1.12. The van der Waals surface area contributed by atoms with E-state index in [1.165, 1.54) is 19.3 Å². The van der Waals surface area contributed by atoms with Gasteiger partial charge in [-0.2, -0.15) is 0 Å². The molecule has 3 nitrogen and oxygen atoms in total. The van der Waals surface area contributed by atoms with E-state index in [-0.39, 0.29) is 0 Å². The van der Waals surface area contributed by atoms with Crippen molar-refractivity contribution in [1.29, 1.82) is 0 Å². The highest BCUT2D eigenvalue weighted by atomic mass is 16.5. The molecule has 0 unspecified atom stereocenters. The predicted molar refractivity (Wildman–Crippen MR) is 49.7 cm³/mol. The van der Waals surface area contributed by atoms with Crippen LogP contribution in [-0.4, -0.2) is 28.2 Å². The highest BCUT2D eigenvalue weighted by molar-refractivity contribution is 4.35. The summed E-state index contributed by atoms with van der Waals surface area (Å²) in [5.41, 5.74) is 0. The summed E-state index contributed by atoms with van der Waals surface area (Å²) in [6.07, 6.45) is 3.98. The van der Waals surface area contributed by atoms with Crippen molar-refractivity contribution in [3.63, 3.8) is 0 Å². The van der Waals surface area contributed by atoms with Gasteiger partial charge in [-0.15, -0.1) is 0 Å². The molecule has 0 aliphatic carbocycles. The SMILES string of the molecule is CCC(O)O.CCCCCCO. The van der Waals surface area contributed by atoms with Gasteiger partial charge in [0.1, 0.15) is 0 Å². The van der Waals surface area contributed by atoms with Crippen LogP contribution in [0.5, 0.6) is 0 Å². The van der Waals surface area contributed by atoms with Gasteiger partial charge < -0.3 is 15.3 Å². The Morgan fingerprint density at radius 2 is 1.50 bits per heavy atom. The Hall–Kier alpha value is -0.120. The first-order valence-corrected chi connectivity index (χ1v) is 4.66. The summed E-state index contributed by atoms with van der Waals surface area (Å²) >= 11 is 0. The molecule has 0 radical (unpaired) electrons. The van der Waals surface area contributed by atoms with Gasteiger partial charge in [-0.25, -0.2) is 0 Å². The van der Waals surface area contributed by atoms with Crippen LogP contribution in [0.4, 0.5) is 0 Å². The van der Waals surface area contributed by atoms with Crippen molar-refractivity contribution in [3.05, 3.63) is 0 Å². The second-order valence-electron chi connectivity index (χ2n) is 2.67. The molecule has 0 aliphatic rings. The van der Waals surface area contributed by atoms with E-state index >= 15 is 0 Å². The third-order valence-electron chi connectivity index (χ3n) is 1.38. The van der Waals surface area contributed by atoms with Crippen LogP contribution in [0.2, 0.25) is 0 Å². The molecule has 3 N–H and O–H groups in total. The van der Waals surface area contributed by atoms with Crippen LogP contribution in [0.1, 0.15) is 46.0 Å². The molecule has 0 saturated carbocycles. The third kappa shape index (κ3) is 22.5. The van der Waals surface area contributed by atoms with E-state index < -0.39 is 6.29 Å². The van der Waals surface area contributed by atoms with E-state index in [4.69, 9.17) is 15.3 Å². The molecule has 0 amide bonds. The second kappa shape index (κ2) is 13.5. The van der Waals surface area contributed by atoms with E-state index in [0.717, 1.165) is 6.42 Å². The van der Waals surface area contributed by atoms with Crippen LogP contribution in [0.3, 0.4) is 0 Å². The normalized spacial score (nSPS) is 9.50. The molecule has 76 valence electrons. The van der Waals surface area contributed by atoms with Gasteiger partial charge in [-0.05, 0) is 12.8 Å². The van der Waals surface area contributed by atoms with Crippen molar-refractivity contribution in [2.24, 2.45) is 0 Å².